The van der Waals surface area contributed by atoms with E-state index in [0.717, 1.165) is 33.0 Å². The zero-order chi connectivity index (χ0) is 27.8. The molecule has 0 unspecified atom stereocenters. The van der Waals surface area contributed by atoms with Gasteiger partial charge in [0.1, 0.15) is 11.5 Å². The fourth-order valence-electron chi connectivity index (χ4n) is 4.24. The molecule has 4 aromatic rings. The summed E-state index contributed by atoms with van der Waals surface area (Å²) in [5.41, 5.74) is 17.4. The lowest BCUT2D eigenvalue weighted by molar-refractivity contribution is 0.344. The lowest BCUT2D eigenvalue weighted by Crippen LogP contribution is -2.46. The van der Waals surface area contributed by atoms with Crippen LogP contribution in [0.5, 0.6) is 11.5 Å². The molecular weight excluding hydrogens is 529 g/mol. The third-order valence-electron chi connectivity index (χ3n) is 6.40. The Hall–Kier alpha value is -2.77. The molecule has 0 aliphatic heterocycles. The van der Waals surface area contributed by atoms with Gasteiger partial charge in [0.25, 0.3) is 0 Å². The molecule has 4 rings (SSSR count). The number of ether oxygens (including phenoxy) is 1. The van der Waals surface area contributed by atoms with Crippen LogP contribution in [-0.2, 0) is 9.31 Å². The Kier molecular flexibility index (Phi) is 10.5. The van der Waals surface area contributed by atoms with E-state index in [2.05, 4.69) is 0 Å². The van der Waals surface area contributed by atoms with Gasteiger partial charge in [-0.3, -0.25) is 0 Å². The molecule has 0 aliphatic rings. The van der Waals surface area contributed by atoms with Gasteiger partial charge in [-0.25, -0.2) is 0 Å². The Bertz CT molecular complexity index is 1270. The maximum Gasteiger partial charge on any atom is 0.361 e. The largest absolute Gasteiger partial charge is 0.457 e. The second-order valence-electron chi connectivity index (χ2n) is 9.34. The molecule has 0 fully saturated rings. The van der Waals surface area contributed by atoms with E-state index in [0.29, 0.717) is 47.8 Å². The van der Waals surface area contributed by atoms with Crippen molar-refractivity contribution in [2.24, 2.45) is 11.5 Å². The average molecular weight is 561 g/mol. The van der Waals surface area contributed by atoms with Crippen LogP contribution in [-0.4, -0.2) is 40.1 Å². The molecule has 9 heteroatoms. The molecule has 0 atom stereocenters. The first-order valence-electron chi connectivity index (χ1n) is 12.9. The SMILES string of the molecule is Cc1ccc(B(OCCN)c2ccc(Oc3ccc(B(OCCN)c4ccc(C)c(Cl)c4)cc3)cc2)cc1Cl. The third-order valence-corrected chi connectivity index (χ3v) is 7.22. The van der Waals surface area contributed by atoms with Crippen LogP contribution in [0.1, 0.15) is 11.1 Å². The predicted octanol–water partition coefficient (Wildman–Crippen LogP) is 3.56. The highest BCUT2D eigenvalue weighted by molar-refractivity contribution is 6.80. The average Bonchev–Trinajstić information content (AvgIpc) is 2.94. The zero-order valence-corrected chi connectivity index (χ0v) is 23.7. The number of nitrogens with two attached hydrogens (primary N) is 2. The summed E-state index contributed by atoms with van der Waals surface area (Å²) in [7, 11) is 0. The second-order valence-corrected chi connectivity index (χ2v) is 10.2. The van der Waals surface area contributed by atoms with Crippen molar-refractivity contribution in [1.29, 1.82) is 0 Å². The Morgan fingerprint density at radius 3 is 1.26 bits per heavy atom. The molecule has 0 amide bonds. The monoisotopic (exact) mass is 560 g/mol. The van der Waals surface area contributed by atoms with Crippen LogP contribution in [0.25, 0.3) is 0 Å². The lowest BCUT2D eigenvalue weighted by Gasteiger charge is -2.17. The van der Waals surface area contributed by atoms with E-state index in [-0.39, 0.29) is 13.8 Å². The van der Waals surface area contributed by atoms with Gasteiger partial charge in [-0.1, -0.05) is 71.7 Å². The summed E-state index contributed by atoms with van der Waals surface area (Å²) < 4.78 is 18.3. The highest BCUT2D eigenvalue weighted by Gasteiger charge is 2.23. The standard InChI is InChI=1S/C30H32B2Cl2N2O3/c1-21-3-5-25(19-29(21)33)31(37-17-15-35)23-7-11-27(12-8-23)39-28-13-9-24(10-14-28)32(38-18-16-36)26-6-4-22(2)30(34)20-26/h3-14,19-20H,15-18,35-36H2,1-2H3. The first kappa shape index (κ1) is 29.2. The Balaban J connectivity index is 1.50. The van der Waals surface area contributed by atoms with Crippen LogP contribution in [0.2, 0.25) is 10.0 Å². The van der Waals surface area contributed by atoms with Crippen LogP contribution < -0.4 is 38.1 Å². The molecule has 0 spiro atoms. The van der Waals surface area contributed by atoms with E-state index < -0.39 is 0 Å². The Morgan fingerprint density at radius 2 is 0.923 bits per heavy atom. The van der Waals surface area contributed by atoms with Crippen molar-refractivity contribution in [1.82, 2.24) is 0 Å². The number of halogens is 2. The van der Waals surface area contributed by atoms with Crippen molar-refractivity contribution < 1.29 is 14.0 Å². The van der Waals surface area contributed by atoms with Crippen molar-refractivity contribution in [3.63, 3.8) is 0 Å². The highest BCUT2D eigenvalue weighted by Crippen LogP contribution is 2.20. The molecule has 200 valence electrons. The van der Waals surface area contributed by atoms with E-state index in [9.17, 15) is 0 Å². The maximum absolute atomic E-state index is 6.38. The number of benzene rings is 4. The van der Waals surface area contributed by atoms with Crippen molar-refractivity contribution >= 4 is 58.9 Å². The molecule has 0 heterocycles. The van der Waals surface area contributed by atoms with Gasteiger partial charge in [0.2, 0.25) is 0 Å². The molecule has 39 heavy (non-hydrogen) atoms. The van der Waals surface area contributed by atoms with Crippen LogP contribution in [0, 0.1) is 13.8 Å². The molecule has 4 N–H and O–H groups in total. The van der Waals surface area contributed by atoms with Crippen molar-refractivity contribution in [3.8, 4) is 11.5 Å². The molecular formula is C30H32B2Cl2N2O3. The summed E-state index contributed by atoms with van der Waals surface area (Å²) in [5, 5.41) is 1.41. The quantitative estimate of drug-likeness (QED) is 0.259. The predicted molar refractivity (Wildman–Crippen MR) is 165 cm³/mol. The Morgan fingerprint density at radius 1 is 0.564 bits per heavy atom. The maximum atomic E-state index is 6.38. The molecule has 0 aliphatic carbocycles. The fourth-order valence-corrected chi connectivity index (χ4v) is 4.62. The van der Waals surface area contributed by atoms with E-state index in [1.54, 1.807) is 0 Å². The van der Waals surface area contributed by atoms with Crippen molar-refractivity contribution in [2.75, 3.05) is 26.3 Å². The van der Waals surface area contributed by atoms with Gasteiger partial charge in [0.15, 0.2) is 0 Å². The molecule has 0 radical (unpaired) electrons. The molecule has 0 saturated carbocycles. The van der Waals surface area contributed by atoms with Crippen LogP contribution in [0.4, 0.5) is 0 Å². The number of aryl methyl sites for hydroxylation is 2. The summed E-state index contributed by atoms with van der Waals surface area (Å²) >= 11 is 12.8. The summed E-state index contributed by atoms with van der Waals surface area (Å²) in [4.78, 5) is 0. The molecule has 5 nitrogen and oxygen atoms in total. The van der Waals surface area contributed by atoms with E-state index in [1.165, 1.54) is 0 Å². The summed E-state index contributed by atoms with van der Waals surface area (Å²) in [6.45, 7) is 5.14. The first-order chi connectivity index (χ1) is 18.9. The topological polar surface area (TPSA) is 79.7 Å². The smallest absolute Gasteiger partial charge is 0.361 e. The molecule has 0 bridgehead atoms. The van der Waals surface area contributed by atoms with E-state index in [4.69, 9.17) is 48.7 Å². The van der Waals surface area contributed by atoms with Crippen LogP contribution >= 0.6 is 23.2 Å². The third kappa shape index (κ3) is 7.67. The van der Waals surface area contributed by atoms with Crippen LogP contribution in [0.15, 0.2) is 84.9 Å². The zero-order valence-electron chi connectivity index (χ0n) is 22.2. The van der Waals surface area contributed by atoms with Gasteiger partial charge >= 0.3 is 13.8 Å². The Labute approximate surface area is 241 Å². The minimum absolute atomic E-state index is 0.277. The van der Waals surface area contributed by atoms with Gasteiger partial charge in [-0.05, 0) is 83.2 Å². The number of rotatable bonds is 12. The lowest BCUT2D eigenvalue weighted by atomic mass is 9.55. The van der Waals surface area contributed by atoms with Gasteiger partial charge in [-0.15, -0.1) is 0 Å². The van der Waals surface area contributed by atoms with Gasteiger partial charge in [0.05, 0.1) is 0 Å². The van der Waals surface area contributed by atoms with Crippen molar-refractivity contribution in [2.45, 2.75) is 13.8 Å². The number of hydrogen-bond donors (Lipinski definition) is 2. The summed E-state index contributed by atoms with van der Waals surface area (Å²) in [5.74, 6) is 1.43. The minimum Gasteiger partial charge on any atom is -0.457 e. The summed E-state index contributed by atoms with van der Waals surface area (Å²) in [6.07, 6.45) is 0. The second kappa shape index (κ2) is 14.0. The molecule has 0 aromatic heterocycles. The van der Waals surface area contributed by atoms with Gasteiger partial charge in [-0.2, -0.15) is 0 Å². The molecule has 4 aromatic carbocycles. The van der Waals surface area contributed by atoms with Gasteiger partial charge < -0.3 is 25.5 Å². The molecule has 0 saturated heterocycles. The van der Waals surface area contributed by atoms with E-state index in [1.807, 2.05) is 98.8 Å². The van der Waals surface area contributed by atoms with Crippen LogP contribution in [0.3, 0.4) is 0 Å². The fraction of sp³-hybridized carbons (Fsp3) is 0.200. The minimum atomic E-state index is -0.277. The van der Waals surface area contributed by atoms with Crippen molar-refractivity contribution in [3.05, 3.63) is 106 Å². The summed E-state index contributed by atoms with van der Waals surface area (Å²) in [6, 6.07) is 27.6. The van der Waals surface area contributed by atoms with Gasteiger partial charge in [0, 0.05) is 36.3 Å². The first-order valence-corrected chi connectivity index (χ1v) is 13.7. The normalized spacial score (nSPS) is 10.9. The highest BCUT2D eigenvalue weighted by atomic mass is 35.5. The number of hydrogen-bond acceptors (Lipinski definition) is 5. The van der Waals surface area contributed by atoms with E-state index >= 15 is 0 Å².